The lowest BCUT2D eigenvalue weighted by atomic mass is 10.0. The fraction of sp³-hybridized carbons (Fsp3) is 0.257. The standard InChI is InChI=1S/C35H37Cl2N3O5S/c1-35(2,3)38-34(42)32(21-25-11-6-5-7-12-25)39(23-26-13-8-9-16-31(26)37)33(41)24-40(28-15-10-14-27(36)22-28)46(43,44)30-19-17-29(45-4)18-20-30/h5-20,22,32H,21,23-24H2,1-4H3,(H,38,42)/t32-/m1/s1. The number of carbonyl (C=O) groups excluding carboxylic acids is 2. The number of halogens is 2. The summed E-state index contributed by atoms with van der Waals surface area (Å²) in [6, 6.07) is 27.5. The number of carbonyl (C=O) groups is 2. The molecule has 0 aliphatic carbocycles. The van der Waals surface area contributed by atoms with Gasteiger partial charge < -0.3 is 15.0 Å². The van der Waals surface area contributed by atoms with Crippen molar-refractivity contribution in [3.05, 3.63) is 124 Å². The summed E-state index contributed by atoms with van der Waals surface area (Å²) in [5, 5.41) is 3.71. The van der Waals surface area contributed by atoms with E-state index in [9.17, 15) is 18.0 Å². The van der Waals surface area contributed by atoms with E-state index in [2.05, 4.69) is 5.32 Å². The Bertz CT molecular complexity index is 1760. The highest BCUT2D eigenvalue weighted by Gasteiger charge is 2.36. The van der Waals surface area contributed by atoms with Gasteiger partial charge in [0.2, 0.25) is 11.8 Å². The summed E-state index contributed by atoms with van der Waals surface area (Å²) in [7, 11) is -2.81. The van der Waals surface area contributed by atoms with Gasteiger partial charge in [-0.05, 0) is 80.4 Å². The molecule has 1 atom stereocenters. The third kappa shape index (κ3) is 9.02. The van der Waals surface area contributed by atoms with Crippen molar-refractivity contribution in [3.63, 3.8) is 0 Å². The van der Waals surface area contributed by atoms with Gasteiger partial charge in [0.1, 0.15) is 18.3 Å². The Morgan fingerprint density at radius 2 is 1.52 bits per heavy atom. The maximum absolute atomic E-state index is 14.6. The molecule has 0 radical (unpaired) electrons. The molecule has 1 N–H and O–H groups in total. The Hall–Kier alpha value is -4.05. The van der Waals surface area contributed by atoms with E-state index in [1.165, 1.54) is 42.3 Å². The molecule has 0 unspecified atom stereocenters. The smallest absolute Gasteiger partial charge is 0.264 e. The minimum absolute atomic E-state index is 0.0421. The van der Waals surface area contributed by atoms with Gasteiger partial charge in [-0.15, -0.1) is 0 Å². The molecule has 242 valence electrons. The molecular weight excluding hydrogens is 645 g/mol. The Morgan fingerprint density at radius 3 is 2.13 bits per heavy atom. The highest BCUT2D eigenvalue weighted by molar-refractivity contribution is 7.92. The largest absolute Gasteiger partial charge is 0.497 e. The van der Waals surface area contributed by atoms with E-state index >= 15 is 0 Å². The Labute approximate surface area is 280 Å². The fourth-order valence-electron chi connectivity index (χ4n) is 4.85. The average Bonchev–Trinajstić information content (AvgIpc) is 3.01. The molecule has 0 aliphatic rings. The van der Waals surface area contributed by atoms with E-state index in [-0.39, 0.29) is 29.5 Å². The number of hydrogen-bond acceptors (Lipinski definition) is 5. The van der Waals surface area contributed by atoms with Crippen LogP contribution in [0.2, 0.25) is 10.0 Å². The lowest BCUT2D eigenvalue weighted by molar-refractivity contribution is -0.140. The van der Waals surface area contributed by atoms with Crippen LogP contribution in [-0.4, -0.2) is 50.4 Å². The van der Waals surface area contributed by atoms with Gasteiger partial charge >= 0.3 is 0 Å². The van der Waals surface area contributed by atoms with Crippen LogP contribution in [0.3, 0.4) is 0 Å². The highest BCUT2D eigenvalue weighted by atomic mass is 35.5. The summed E-state index contributed by atoms with van der Waals surface area (Å²) in [6.45, 7) is 4.90. The lowest BCUT2D eigenvalue weighted by Crippen LogP contribution is -2.56. The van der Waals surface area contributed by atoms with E-state index in [4.69, 9.17) is 27.9 Å². The van der Waals surface area contributed by atoms with Gasteiger partial charge in [-0.3, -0.25) is 13.9 Å². The second kappa shape index (κ2) is 15.0. The van der Waals surface area contributed by atoms with Gasteiger partial charge in [0, 0.05) is 28.5 Å². The number of nitrogens with one attached hydrogen (secondary N) is 1. The molecule has 0 heterocycles. The molecule has 0 aromatic heterocycles. The van der Waals surface area contributed by atoms with Crippen LogP contribution < -0.4 is 14.4 Å². The monoisotopic (exact) mass is 681 g/mol. The van der Waals surface area contributed by atoms with Crippen LogP contribution in [0.5, 0.6) is 5.75 Å². The third-order valence-corrected chi connectivity index (χ3v) is 9.48. The molecule has 0 saturated carbocycles. The molecule has 4 aromatic carbocycles. The highest BCUT2D eigenvalue weighted by Crippen LogP contribution is 2.29. The van der Waals surface area contributed by atoms with Gasteiger partial charge in [-0.1, -0.05) is 77.8 Å². The zero-order valence-corrected chi connectivity index (χ0v) is 28.4. The van der Waals surface area contributed by atoms with Crippen molar-refractivity contribution in [2.45, 2.75) is 50.2 Å². The number of nitrogens with zero attached hydrogens (tertiary/aromatic N) is 2. The zero-order valence-electron chi connectivity index (χ0n) is 26.1. The molecule has 4 rings (SSSR count). The molecule has 46 heavy (non-hydrogen) atoms. The second-order valence-corrected chi connectivity index (χ2v) is 14.4. The molecule has 11 heteroatoms. The van der Waals surface area contributed by atoms with E-state index < -0.39 is 34.1 Å². The number of rotatable bonds is 12. The van der Waals surface area contributed by atoms with E-state index in [0.717, 1.165) is 9.87 Å². The maximum atomic E-state index is 14.6. The SMILES string of the molecule is COc1ccc(S(=O)(=O)N(CC(=O)N(Cc2ccccc2Cl)[C@H](Cc2ccccc2)C(=O)NC(C)(C)C)c2cccc(Cl)c2)cc1. The molecule has 0 spiro atoms. The summed E-state index contributed by atoms with van der Waals surface area (Å²) in [4.78, 5) is 29.9. The predicted octanol–water partition coefficient (Wildman–Crippen LogP) is 6.75. The van der Waals surface area contributed by atoms with Gasteiger partial charge in [0.25, 0.3) is 10.0 Å². The second-order valence-electron chi connectivity index (χ2n) is 11.7. The summed E-state index contributed by atoms with van der Waals surface area (Å²) < 4.78 is 34.5. The van der Waals surface area contributed by atoms with Crippen molar-refractivity contribution < 1.29 is 22.7 Å². The zero-order chi connectivity index (χ0) is 33.5. The summed E-state index contributed by atoms with van der Waals surface area (Å²) in [5.41, 5.74) is 1.01. The number of ether oxygens (including phenoxy) is 1. The van der Waals surface area contributed by atoms with Crippen molar-refractivity contribution >= 4 is 50.7 Å². The molecular formula is C35H37Cl2N3O5S. The van der Waals surface area contributed by atoms with Crippen LogP contribution in [0.25, 0.3) is 0 Å². The summed E-state index contributed by atoms with van der Waals surface area (Å²) in [5.74, 6) is -0.519. The van der Waals surface area contributed by atoms with Crippen LogP contribution in [0.1, 0.15) is 31.9 Å². The van der Waals surface area contributed by atoms with Crippen LogP contribution in [-0.2, 0) is 32.6 Å². The number of methoxy groups -OCH3 is 1. The first-order chi connectivity index (χ1) is 21.8. The van der Waals surface area contributed by atoms with Crippen molar-refractivity contribution in [3.8, 4) is 5.75 Å². The first kappa shape index (κ1) is 34.8. The average molecular weight is 683 g/mol. The number of hydrogen-bond donors (Lipinski definition) is 1. The summed E-state index contributed by atoms with van der Waals surface area (Å²) in [6.07, 6.45) is 0.182. The summed E-state index contributed by atoms with van der Waals surface area (Å²) >= 11 is 12.8. The molecule has 0 fully saturated rings. The van der Waals surface area contributed by atoms with Crippen LogP contribution >= 0.6 is 23.2 Å². The van der Waals surface area contributed by atoms with Crippen molar-refractivity contribution in [2.24, 2.45) is 0 Å². The van der Waals surface area contributed by atoms with E-state index in [1.54, 1.807) is 42.5 Å². The molecule has 8 nitrogen and oxygen atoms in total. The van der Waals surface area contributed by atoms with Crippen LogP contribution in [0.4, 0.5) is 5.69 Å². The van der Waals surface area contributed by atoms with Gasteiger partial charge in [0.05, 0.1) is 17.7 Å². The topological polar surface area (TPSA) is 96.0 Å². The molecule has 0 bridgehead atoms. The molecule has 4 aromatic rings. The number of anilines is 1. The minimum Gasteiger partial charge on any atom is -0.497 e. The van der Waals surface area contributed by atoms with E-state index in [0.29, 0.717) is 21.4 Å². The minimum atomic E-state index is -4.29. The quantitative estimate of drug-likeness (QED) is 0.178. The third-order valence-electron chi connectivity index (χ3n) is 7.09. The maximum Gasteiger partial charge on any atom is 0.264 e. The van der Waals surface area contributed by atoms with Crippen molar-refractivity contribution in [2.75, 3.05) is 18.0 Å². The number of sulfonamides is 1. The van der Waals surface area contributed by atoms with Gasteiger partial charge in [0.15, 0.2) is 0 Å². The van der Waals surface area contributed by atoms with Crippen molar-refractivity contribution in [1.82, 2.24) is 10.2 Å². The normalized spacial score (nSPS) is 12.2. The molecule has 2 amide bonds. The van der Waals surface area contributed by atoms with Gasteiger partial charge in [-0.25, -0.2) is 8.42 Å². The van der Waals surface area contributed by atoms with Crippen LogP contribution in [0, 0.1) is 0 Å². The Morgan fingerprint density at radius 1 is 0.870 bits per heavy atom. The number of amides is 2. The van der Waals surface area contributed by atoms with Gasteiger partial charge in [-0.2, -0.15) is 0 Å². The predicted molar refractivity (Wildman–Crippen MR) is 183 cm³/mol. The van der Waals surface area contributed by atoms with E-state index in [1.807, 2.05) is 51.1 Å². The lowest BCUT2D eigenvalue weighted by Gasteiger charge is -2.35. The van der Waals surface area contributed by atoms with Crippen LogP contribution in [0.15, 0.2) is 108 Å². The fourth-order valence-corrected chi connectivity index (χ4v) is 6.64. The Balaban J connectivity index is 1.83. The Kier molecular flexibility index (Phi) is 11.4. The first-order valence-electron chi connectivity index (χ1n) is 14.6. The number of benzene rings is 4. The first-order valence-corrected chi connectivity index (χ1v) is 16.8. The molecule has 0 saturated heterocycles. The molecule has 0 aliphatic heterocycles. The van der Waals surface area contributed by atoms with Crippen molar-refractivity contribution in [1.29, 1.82) is 0 Å².